The summed E-state index contributed by atoms with van der Waals surface area (Å²) in [7, 11) is 1.72. The zero-order valence-corrected chi connectivity index (χ0v) is 12.3. The Labute approximate surface area is 121 Å². The minimum atomic E-state index is -0.142. The number of ether oxygens (including phenoxy) is 1. The van der Waals surface area contributed by atoms with Crippen molar-refractivity contribution in [3.63, 3.8) is 0 Å². The van der Waals surface area contributed by atoms with E-state index < -0.39 is 0 Å². The van der Waals surface area contributed by atoms with Gasteiger partial charge >= 0.3 is 0 Å². The second-order valence-corrected chi connectivity index (χ2v) is 6.42. The van der Waals surface area contributed by atoms with Crippen LogP contribution in [0.3, 0.4) is 0 Å². The summed E-state index contributed by atoms with van der Waals surface area (Å²) < 4.78 is 6.59. The molecule has 106 valence electrons. The third-order valence-electron chi connectivity index (χ3n) is 4.03. The number of thiophene rings is 1. The molecule has 1 saturated carbocycles. The van der Waals surface area contributed by atoms with Crippen molar-refractivity contribution in [2.24, 2.45) is 0 Å². The van der Waals surface area contributed by atoms with Crippen LogP contribution in [-0.4, -0.2) is 25.2 Å². The Morgan fingerprint density at radius 3 is 2.90 bits per heavy atom. The van der Waals surface area contributed by atoms with Gasteiger partial charge in [0.15, 0.2) is 0 Å². The van der Waals surface area contributed by atoms with Crippen molar-refractivity contribution in [2.45, 2.75) is 24.9 Å². The van der Waals surface area contributed by atoms with Crippen LogP contribution in [0.2, 0.25) is 0 Å². The fraction of sp³-hybridized carbons (Fsp3) is 0.400. The average Bonchev–Trinajstić information content (AvgIpc) is 2.80. The third-order valence-corrected chi connectivity index (χ3v) is 5.15. The molecule has 1 aliphatic rings. The predicted molar refractivity (Wildman–Crippen MR) is 82.2 cm³/mol. The highest BCUT2D eigenvalue weighted by Gasteiger charge is 2.37. The number of rotatable bonds is 4. The number of carbonyl (C=O) groups is 1. The number of hydrogen-bond donors (Lipinski definition) is 2. The summed E-state index contributed by atoms with van der Waals surface area (Å²) >= 11 is 1.49. The fourth-order valence-electron chi connectivity index (χ4n) is 2.53. The number of fused-ring (bicyclic) bond motifs is 1. The van der Waals surface area contributed by atoms with E-state index in [0.717, 1.165) is 33.5 Å². The van der Waals surface area contributed by atoms with Gasteiger partial charge in [0.1, 0.15) is 0 Å². The van der Waals surface area contributed by atoms with E-state index in [0.29, 0.717) is 6.54 Å². The summed E-state index contributed by atoms with van der Waals surface area (Å²) in [4.78, 5) is 12.9. The first-order chi connectivity index (χ1) is 9.62. The first-order valence-electron chi connectivity index (χ1n) is 6.74. The number of carbonyl (C=O) groups excluding carboxylic acids is 1. The molecule has 0 unspecified atom stereocenters. The Kier molecular flexibility index (Phi) is 3.40. The molecule has 1 heterocycles. The van der Waals surface area contributed by atoms with Crippen molar-refractivity contribution in [1.29, 1.82) is 0 Å². The number of anilines is 1. The molecule has 1 aliphatic carbocycles. The summed E-state index contributed by atoms with van der Waals surface area (Å²) in [6, 6.07) is 7.60. The van der Waals surface area contributed by atoms with Crippen molar-refractivity contribution < 1.29 is 9.53 Å². The number of nitrogen functional groups attached to an aromatic ring is 1. The largest absolute Gasteiger partial charge is 0.399 e. The van der Waals surface area contributed by atoms with E-state index in [9.17, 15) is 4.79 Å². The number of benzene rings is 1. The van der Waals surface area contributed by atoms with Gasteiger partial charge in [0.05, 0.1) is 10.5 Å². The quantitative estimate of drug-likeness (QED) is 0.851. The van der Waals surface area contributed by atoms with Gasteiger partial charge in [0.2, 0.25) is 0 Å². The van der Waals surface area contributed by atoms with Crippen LogP contribution < -0.4 is 11.1 Å². The topological polar surface area (TPSA) is 64.3 Å². The Bertz CT molecular complexity index is 641. The van der Waals surface area contributed by atoms with Crippen LogP contribution in [0.1, 0.15) is 28.9 Å². The van der Waals surface area contributed by atoms with E-state index in [1.807, 2.05) is 24.3 Å². The molecule has 2 aromatic rings. The maximum atomic E-state index is 12.2. The lowest BCUT2D eigenvalue weighted by atomic mass is 9.80. The van der Waals surface area contributed by atoms with Crippen molar-refractivity contribution >= 4 is 33.0 Å². The average molecular weight is 290 g/mol. The highest BCUT2D eigenvalue weighted by Crippen LogP contribution is 2.34. The molecule has 0 bridgehead atoms. The van der Waals surface area contributed by atoms with E-state index >= 15 is 0 Å². The molecule has 3 N–H and O–H groups in total. The van der Waals surface area contributed by atoms with Crippen molar-refractivity contribution in [1.82, 2.24) is 5.32 Å². The molecule has 20 heavy (non-hydrogen) atoms. The molecule has 1 fully saturated rings. The zero-order chi connectivity index (χ0) is 14.2. The molecule has 1 aromatic heterocycles. The second kappa shape index (κ2) is 5.07. The number of nitrogens with one attached hydrogen (secondary N) is 1. The standard InChI is InChI=1S/C15H18N2O2S/c1-19-15(5-2-6-15)9-17-14(18)13-8-10-7-11(16)3-4-12(10)20-13/h3-4,7-8H,2,5-6,9,16H2,1H3,(H,17,18). The molecule has 0 saturated heterocycles. The summed E-state index contributed by atoms with van der Waals surface area (Å²) in [5.41, 5.74) is 6.33. The van der Waals surface area contributed by atoms with Gasteiger partial charge in [-0.3, -0.25) is 4.79 Å². The lowest BCUT2D eigenvalue weighted by Crippen LogP contribution is -2.49. The molecule has 0 atom stereocenters. The molecule has 3 rings (SSSR count). The summed E-state index contributed by atoms with van der Waals surface area (Å²) in [6.45, 7) is 0.582. The maximum absolute atomic E-state index is 12.2. The summed E-state index contributed by atoms with van der Waals surface area (Å²) in [5.74, 6) is -0.0342. The van der Waals surface area contributed by atoms with Crippen LogP contribution in [0.4, 0.5) is 5.69 Å². The lowest BCUT2D eigenvalue weighted by Gasteiger charge is -2.40. The Morgan fingerprint density at radius 2 is 2.25 bits per heavy atom. The van der Waals surface area contributed by atoms with E-state index in [-0.39, 0.29) is 11.5 Å². The van der Waals surface area contributed by atoms with E-state index in [4.69, 9.17) is 10.5 Å². The van der Waals surface area contributed by atoms with E-state index in [1.54, 1.807) is 7.11 Å². The first-order valence-corrected chi connectivity index (χ1v) is 7.56. The molecule has 4 nitrogen and oxygen atoms in total. The van der Waals surface area contributed by atoms with Crippen molar-refractivity contribution in [2.75, 3.05) is 19.4 Å². The van der Waals surface area contributed by atoms with Gasteiger partial charge in [-0.2, -0.15) is 0 Å². The van der Waals surface area contributed by atoms with Crippen molar-refractivity contribution in [3.8, 4) is 0 Å². The minimum Gasteiger partial charge on any atom is -0.399 e. The molecular weight excluding hydrogens is 272 g/mol. The van der Waals surface area contributed by atoms with E-state index in [1.165, 1.54) is 17.8 Å². The highest BCUT2D eigenvalue weighted by molar-refractivity contribution is 7.20. The molecule has 5 heteroatoms. The van der Waals surface area contributed by atoms with Crippen molar-refractivity contribution in [3.05, 3.63) is 29.1 Å². The van der Waals surface area contributed by atoms with Gasteiger partial charge in [0.25, 0.3) is 5.91 Å². The highest BCUT2D eigenvalue weighted by atomic mass is 32.1. The first kappa shape index (κ1) is 13.4. The van der Waals surface area contributed by atoms with Gasteiger partial charge in [-0.15, -0.1) is 11.3 Å². The van der Waals surface area contributed by atoms with Gasteiger partial charge in [0, 0.05) is 24.0 Å². The van der Waals surface area contributed by atoms with Crippen LogP contribution >= 0.6 is 11.3 Å². The summed E-state index contributed by atoms with van der Waals surface area (Å²) in [5, 5.41) is 4.00. The van der Waals surface area contributed by atoms with Crippen LogP contribution in [0.5, 0.6) is 0 Å². The predicted octanol–water partition coefficient (Wildman–Crippen LogP) is 2.78. The van der Waals surface area contributed by atoms with E-state index in [2.05, 4.69) is 5.32 Å². The van der Waals surface area contributed by atoms with Crippen LogP contribution in [0.15, 0.2) is 24.3 Å². The Balaban J connectivity index is 1.72. The van der Waals surface area contributed by atoms with Crippen LogP contribution in [0.25, 0.3) is 10.1 Å². The molecule has 0 spiro atoms. The zero-order valence-electron chi connectivity index (χ0n) is 11.4. The van der Waals surface area contributed by atoms with Gasteiger partial charge in [-0.05, 0) is 48.9 Å². The van der Waals surface area contributed by atoms with Crippen LogP contribution in [0, 0.1) is 0 Å². The van der Waals surface area contributed by atoms with Gasteiger partial charge < -0.3 is 15.8 Å². The Morgan fingerprint density at radius 1 is 1.45 bits per heavy atom. The third kappa shape index (κ3) is 2.39. The molecule has 0 radical (unpaired) electrons. The molecule has 1 aromatic carbocycles. The monoisotopic (exact) mass is 290 g/mol. The molecule has 0 aliphatic heterocycles. The number of methoxy groups -OCH3 is 1. The SMILES string of the molecule is COC1(CNC(=O)c2cc3cc(N)ccc3s2)CCC1. The maximum Gasteiger partial charge on any atom is 0.261 e. The second-order valence-electron chi connectivity index (χ2n) is 5.33. The number of nitrogens with two attached hydrogens (primary N) is 1. The fourth-order valence-corrected chi connectivity index (χ4v) is 3.49. The normalized spacial score (nSPS) is 16.9. The number of amides is 1. The molecule has 1 amide bonds. The minimum absolute atomic E-state index is 0.0342. The van der Waals surface area contributed by atoms with Gasteiger partial charge in [-0.25, -0.2) is 0 Å². The number of hydrogen-bond acceptors (Lipinski definition) is 4. The lowest BCUT2D eigenvalue weighted by molar-refractivity contribution is -0.0679. The van der Waals surface area contributed by atoms with Crippen LogP contribution in [-0.2, 0) is 4.74 Å². The molecular formula is C15H18N2O2S. The smallest absolute Gasteiger partial charge is 0.261 e. The Hall–Kier alpha value is -1.59. The summed E-state index contributed by atoms with van der Waals surface area (Å²) in [6.07, 6.45) is 3.21. The van der Waals surface area contributed by atoms with Gasteiger partial charge in [-0.1, -0.05) is 0 Å².